The second-order valence-electron chi connectivity index (χ2n) is 7.01. The maximum Gasteiger partial charge on any atom is 0.0434 e. The summed E-state index contributed by atoms with van der Waals surface area (Å²) in [4.78, 5) is 2.56. The lowest BCUT2D eigenvalue weighted by Gasteiger charge is -2.39. The molecule has 2 atom stereocenters. The average molecular weight is 256 g/mol. The van der Waals surface area contributed by atoms with Gasteiger partial charge in [-0.25, -0.2) is 0 Å². The molecule has 0 saturated carbocycles. The highest BCUT2D eigenvalue weighted by atomic mass is 16.3. The van der Waals surface area contributed by atoms with E-state index >= 15 is 0 Å². The predicted octanol–water partition coefficient (Wildman–Crippen LogP) is 2.10. The summed E-state index contributed by atoms with van der Waals surface area (Å²) >= 11 is 0. The van der Waals surface area contributed by atoms with Crippen LogP contribution in [-0.4, -0.2) is 48.8 Å². The Bertz CT molecular complexity index is 211. The van der Waals surface area contributed by atoms with Crippen molar-refractivity contribution in [1.29, 1.82) is 0 Å². The molecule has 1 aliphatic heterocycles. The molecule has 0 aliphatic carbocycles. The normalized spacial score (nSPS) is 26.5. The van der Waals surface area contributed by atoms with Gasteiger partial charge in [0, 0.05) is 32.3 Å². The maximum absolute atomic E-state index is 9.14. The van der Waals surface area contributed by atoms with Crippen molar-refractivity contribution in [3.05, 3.63) is 0 Å². The van der Waals surface area contributed by atoms with Crippen LogP contribution in [0.3, 0.4) is 0 Å². The van der Waals surface area contributed by atoms with E-state index in [1.165, 1.54) is 32.5 Å². The molecule has 0 bridgehead atoms. The van der Waals surface area contributed by atoms with Gasteiger partial charge in [-0.2, -0.15) is 0 Å². The molecule has 2 unspecified atom stereocenters. The fourth-order valence-electron chi connectivity index (χ4n) is 2.79. The zero-order chi connectivity index (χ0) is 13.6. The van der Waals surface area contributed by atoms with Crippen LogP contribution in [0.25, 0.3) is 0 Å². The van der Waals surface area contributed by atoms with Gasteiger partial charge in [-0.3, -0.25) is 0 Å². The predicted molar refractivity (Wildman–Crippen MR) is 77.8 cm³/mol. The number of aliphatic hydroxyl groups excluding tert-OH is 1. The molecule has 18 heavy (non-hydrogen) atoms. The van der Waals surface area contributed by atoms with Gasteiger partial charge in [0.15, 0.2) is 0 Å². The van der Waals surface area contributed by atoms with Crippen molar-refractivity contribution in [3.63, 3.8) is 0 Å². The Morgan fingerprint density at radius 3 is 2.56 bits per heavy atom. The average Bonchev–Trinajstić information content (AvgIpc) is 2.26. The lowest BCUT2D eigenvalue weighted by atomic mass is 9.90. The molecule has 0 aromatic carbocycles. The number of likely N-dealkylation sites (tertiary alicyclic amines) is 1. The Labute approximate surface area is 113 Å². The molecule has 1 rings (SSSR count). The van der Waals surface area contributed by atoms with E-state index in [1.807, 2.05) is 0 Å². The third kappa shape index (κ3) is 6.17. The van der Waals surface area contributed by atoms with Gasteiger partial charge in [-0.05, 0) is 37.1 Å². The van der Waals surface area contributed by atoms with Gasteiger partial charge in [-0.15, -0.1) is 0 Å². The van der Waals surface area contributed by atoms with Crippen LogP contribution in [0.15, 0.2) is 0 Å². The van der Waals surface area contributed by atoms with Crippen molar-refractivity contribution in [3.8, 4) is 0 Å². The van der Waals surface area contributed by atoms with Crippen LogP contribution < -0.4 is 5.32 Å². The summed E-state index contributed by atoms with van der Waals surface area (Å²) in [6.45, 7) is 14.0. The van der Waals surface area contributed by atoms with Crippen molar-refractivity contribution in [2.45, 2.75) is 53.0 Å². The van der Waals surface area contributed by atoms with Crippen LogP contribution in [0.1, 0.15) is 47.0 Å². The second kappa shape index (κ2) is 7.46. The van der Waals surface area contributed by atoms with Gasteiger partial charge in [0.25, 0.3) is 0 Å². The van der Waals surface area contributed by atoms with Crippen molar-refractivity contribution in [2.24, 2.45) is 11.3 Å². The van der Waals surface area contributed by atoms with Gasteiger partial charge in [0.2, 0.25) is 0 Å². The Kier molecular flexibility index (Phi) is 6.61. The topological polar surface area (TPSA) is 35.5 Å². The fraction of sp³-hybridized carbons (Fsp3) is 1.00. The lowest BCUT2D eigenvalue weighted by molar-refractivity contribution is 0.117. The Morgan fingerprint density at radius 1 is 1.28 bits per heavy atom. The number of rotatable bonds is 6. The molecule has 1 fully saturated rings. The highest BCUT2D eigenvalue weighted by Crippen LogP contribution is 2.21. The van der Waals surface area contributed by atoms with Gasteiger partial charge in [0.05, 0.1) is 0 Å². The first kappa shape index (κ1) is 15.9. The highest BCUT2D eigenvalue weighted by Gasteiger charge is 2.26. The van der Waals surface area contributed by atoms with Crippen LogP contribution in [0, 0.1) is 11.3 Å². The van der Waals surface area contributed by atoms with Crippen LogP contribution in [-0.2, 0) is 0 Å². The summed E-state index contributed by atoms with van der Waals surface area (Å²) in [6, 6.07) is 0.598. The Morgan fingerprint density at radius 2 is 2.00 bits per heavy atom. The van der Waals surface area contributed by atoms with E-state index in [-0.39, 0.29) is 0 Å². The zero-order valence-corrected chi connectivity index (χ0v) is 12.7. The monoisotopic (exact) mass is 256 g/mol. The summed E-state index contributed by atoms with van der Waals surface area (Å²) in [7, 11) is 0. The minimum atomic E-state index is 0.330. The summed E-state index contributed by atoms with van der Waals surface area (Å²) in [6.07, 6.45) is 3.39. The van der Waals surface area contributed by atoms with Gasteiger partial charge < -0.3 is 15.3 Å². The highest BCUT2D eigenvalue weighted by molar-refractivity contribution is 4.84. The first-order valence-electron chi connectivity index (χ1n) is 7.51. The summed E-state index contributed by atoms with van der Waals surface area (Å²) in [5, 5.41) is 12.9. The van der Waals surface area contributed by atoms with Gasteiger partial charge in [-0.1, -0.05) is 27.7 Å². The molecule has 0 aromatic heterocycles. The van der Waals surface area contributed by atoms with E-state index in [1.54, 1.807) is 0 Å². The molecule has 2 N–H and O–H groups in total. The summed E-state index contributed by atoms with van der Waals surface area (Å²) in [5.41, 5.74) is 0.347. The van der Waals surface area contributed by atoms with Crippen LogP contribution in [0.5, 0.6) is 0 Å². The van der Waals surface area contributed by atoms with Crippen molar-refractivity contribution in [2.75, 3.05) is 32.8 Å². The molecule has 0 amide bonds. The fourth-order valence-corrected chi connectivity index (χ4v) is 2.79. The molecular formula is C15H32N2O. The molecule has 3 heteroatoms. The molecule has 1 saturated heterocycles. The Hall–Kier alpha value is -0.120. The minimum Gasteiger partial charge on any atom is -0.396 e. The smallest absolute Gasteiger partial charge is 0.0434 e. The number of nitrogens with one attached hydrogen (secondary N) is 1. The molecule has 0 spiro atoms. The van der Waals surface area contributed by atoms with E-state index in [4.69, 9.17) is 5.11 Å². The Balaban J connectivity index is 2.44. The molecule has 3 nitrogen and oxygen atoms in total. The lowest BCUT2D eigenvalue weighted by Crippen LogP contribution is -2.51. The second-order valence-corrected chi connectivity index (χ2v) is 7.01. The number of piperidine rings is 1. The van der Waals surface area contributed by atoms with E-state index in [2.05, 4.69) is 37.9 Å². The first-order chi connectivity index (χ1) is 8.44. The minimum absolute atomic E-state index is 0.330. The quantitative estimate of drug-likeness (QED) is 0.764. The third-order valence-corrected chi connectivity index (χ3v) is 3.61. The van der Waals surface area contributed by atoms with Crippen molar-refractivity contribution < 1.29 is 5.11 Å². The molecule has 0 aromatic rings. The van der Waals surface area contributed by atoms with Crippen LogP contribution in [0.2, 0.25) is 0 Å². The van der Waals surface area contributed by atoms with E-state index in [9.17, 15) is 0 Å². The van der Waals surface area contributed by atoms with Crippen molar-refractivity contribution in [1.82, 2.24) is 10.2 Å². The van der Waals surface area contributed by atoms with Gasteiger partial charge >= 0.3 is 0 Å². The largest absolute Gasteiger partial charge is 0.396 e. The molecule has 0 radical (unpaired) electrons. The van der Waals surface area contributed by atoms with E-state index in [0.29, 0.717) is 24.0 Å². The van der Waals surface area contributed by atoms with E-state index < -0.39 is 0 Å². The summed E-state index contributed by atoms with van der Waals surface area (Å²) in [5.74, 6) is 0.660. The standard InChI is InChI=1S/C15H32N2O/c1-5-7-17-10-13(6-8-18)9-14(11-17)16-12-15(2,3)4/h13-14,16,18H,5-12H2,1-4H3. The number of aliphatic hydroxyl groups is 1. The van der Waals surface area contributed by atoms with E-state index in [0.717, 1.165) is 13.0 Å². The number of nitrogens with zero attached hydrogens (tertiary/aromatic N) is 1. The maximum atomic E-state index is 9.14. The molecule has 1 heterocycles. The number of hydrogen-bond acceptors (Lipinski definition) is 3. The molecule has 108 valence electrons. The van der Waals surface area contributed by atoms with Gasteiger partial charge in [0.1, 0.15) is 0 Å². The van der Waals surface area contributed by atoms with Crippen LogP contribution >= 0.6 is 0 Å². The zero-order valence-electron chi connectivity index (χ0n) is 12.7. The summed E-state index contributed by atoms with van der Waals surface area (Å²) < 4.78 is 0. The third-order valence-electron chi connectivity index (χ3n) is 3.61. The van der Waals surface area contributed by atoms with Crippen molar-refractivity contribution >= 4 is 0 Å². The SMILES string of the molecule is CCCN1CC(CCO)CC(NCC(C)(C)C)C1. The number of hydrogen-bond donors (Lipinski definition) is 2. The first-order valence-corrected chi connectivity index (χ1v) is 7.51. The molecule has 1 aliphatic rings. The van der Waals surface area contributed by atoms with Crippen LogP contribution in [0.4, 0.5) is 0 Å². The molecular weight excluding hydrogens is 224 g/mol.